The van der Waals surface area contributed by atoms with Crippen molar-refractivity contribution in [2.45, 2.75) is 37.9 Å². The number of aromatic nitrogens is 1. The summed E-state index contributed by atoms with van der Waals surface area (Å²) < 4.78 is 5.52. The second kappa shape index (κ2) is 5.62. The molecule has 2 heterocycles. The molecule has 4 rings (SSSR count). The van der Waals surface area contributed by atoms with Crippen LogP contribution in [-0.4, -0.2) is 35.2 Å². The first-order valence-electron chi connectivity index (χ1n) is 7.87. The summed E-state index contributed by atoms with van der Waals surface area (Å²) >= 11 is 0. The first-order chi connectivity index (χ1) is 10.4. The summed E-state index contributed by atoms with van der Waals surface area (Å²) in [5.41, 5.74) is 2.14. The lowest BCUT2D eigenvalue weighted by molar-refractivity contribution is 0.183. The van der Waals surface area contributed by atoms with Crippen molar-refractivity contribution in [3.63, 3.8) is 0 Å². The van der Waals surface area contributed by atoms with Crippen LogP contribution in [0, 0.1) is 0 Å². The van der Waals surface area contributed by atoms with Crippen LogP contribution in [0.2, 0.25) is 0 Å². The summed E-state index contributed by atoms with van der Waals surface area (Å²) in [5, 5.41) is 7.74. The van der Waals surface area contributed by atoms with Crippen molar-refractivity contribution in [3.8, 4) is 11.3 Å². The monoisotopic (exact) mass is 283 g/mol. The van der Waals surface area contributed by atoms with Crippen molar-refractivity contribution in [2.24, 2.45) is 0 Å². The van der Waals surface area contributed by atoms with Gasteiger partial charge >= 0.3 is 0 Å². The van der Waals surface area contributed by atoms with E-state index in [0.717, 1.165) is 42.7 Å². The predicted molar refractivity (Wildman–Crippen MR) is 81.8 cm³/mol. The predicted octanol–water partition coefficient (Wildman–Crippen LogP) is 2.67. The van der Waals surface area contributed by atoms with Crippen LogP contribution in [0.5, 0.6) is 0 Å². The molecular formula is C17H21N3O. The first-order valence-corrected chi connectivity index (χ1v) is 7.87. The van der Waals surface area contributed by atoms with E-state index in [2.05, 4.69) is 33.6 Å². The number of benzene rings is 1. The van der Waals surface area contributed by atoms with Crippen molar-refractivity contribution >= 4 is 0 Å². The SMILES string of the molecule is c1ccc(-c2cc(CN(C3CC3)C3CCNC3)no2)cc1. The zero-order valence-electron chi connectivity index (χ0n) is 12.2. The zero-order valence-corrected chi connectivity index (χ0v) is 12.2. The van der Waals surface area contributed by atoms with Crippen LogP contribution in [0.3, 0.4) is 0 Å². The van der Waals surface area contributed by atoms with E-state index in [9.17, 15) is 0 Å². The fourth-order valence-electron chi connectivity index (χ4n) is 3.20. The normalized spacial score (nSPS) is 22.0. The summed E-state index contributed by atoms with van der Waals surface area (Å²) in [4.78, 5) is 2.62. The fourth-order valence-corrected chi connectivity index (χ4v) is 3.20. The Morgan fingerprint density at radius 3 is 2.71 bits per heavy atom. The van der Waals surface area contributed by atoms with Gasteiger partial charge in [0, 0.05) is 36.8 Å². The smallest absolute Gasteiger partial charge is 0.167 e. The molecule has 1 aromatic carbocycles. The molecule has 1 aromatic heterocycles. The van der Waals surface area contributed by atoms with Crippen LogP contribution in [0.1, 0.15) is 25.0 Å². The molecule has 1 aliphatic carbocycles. The van der Waals surface area contributed by atoms with E-state index in [4.69, 9.17) is 4.52 Å². The molecule has 0 spiro atoms. The molecule has 1 saturated carbocycles. The number of nitrogens with zero attached hydrogens (tertiary/aromatic N) is 2. The lowest BCUT2D eigenvalue weighted by atomic mass is 10.1. The number of hydrogen-bond donors (Lipinski definition) is 1. The van der Waals surface area contributed by atoms with Crippen molar-refractivity contribution in [1.82, 2.24) is 15.4 Å². The third-order valence-corrected chi connectivity index (χ3v) is 4.48. The van der Waals surface area contributed by atoms with Crippen LogP contribution in [-0.2, 0) is 6.54 Å². The van der Waals surface area contributed by atoms with Gasteiger partial charge in [-0.1, -0.05) is 35.5 Å². The van der Waals surface area contributed by atoms with Gasteiger partial charge in [0.2, 0.25) is 0 Å². The Kier molecular flexibility index (Phi) is 3.49. The fraction of sp³-hybridized carbons (Fsp3) is 0.471. The molecule has 2 fully saturated rings. The lowest BCUT2D eigenvalue weighted by Gasteiger charge is -2.27. The molecule has 1 N–H and O–H groups in total. The van der Waals surface area contributed by atoms with Crippen molar-refractivity contribution < 1.29 is 4.52 Å². The highest BCUT2D eigenvalue weighted by molar-refractivity contribution is 5.56. The standard InChI is InChI=1S/C17H21N3O/c1-2-4-13(5-3-1)17-10-14(19-21-17)12-20(15-6-7-15)16-8-9-18-11-16/h1-5,10,15-16,18H,6-9,11-12H2. The van der Waals surface area contributed by atoms with Gasteiger partial charge in [0.05, 0.1) is 5.69 Å². The topological polar surface area (TPSA) is 41.3 Å². The molecule has 0 amide bonds. The Balaban J connectivity index is 1.50. The molecule has 4 nitrogen and oxygen atoms in total. The van der Waals surface area contributed by atoms with Gasteiger partial charge in [-0.3, -0.25) is 4.90 Å². The molecule has 1 saturated heterocycles. The summed E-state index contributed by atoms with van der Waals surface area (Å²) in [7, 11) is 0. The maximum atomic E-state index is 5.52. The maximum absolute atomic E-state index is 5.52. The molecule has 1 atom stereocenters. The molecule has 0 radical (unpaired) electrons. The van der Waals surface area contributed by atoms with Gasteiger partial charge in [-0.25, -0.2) is 0 Å². The highest BCUT2D eigenvalue weighted by atomic mass is 16.5. The van der Waals surface area contributed by atoms with E-state index in [0.29, 0.717) is 6.04 Å². The number of hydrogen-bond acceptors (Lipinski definition) is 4. The minimum absolute atomic E-state index is 0.661. The Bertz CT molecular complexity index is 585. The second-order valence-electron chi connectivity index (χ2n) is 6.10. The van der Waals surface area contributed by atoms with Crippen LogP contribution < -0.4 is 5.32 Å². The van der Waals surface area contributed by atoms with E-state index in [1.54, 1.807) is 0 Å². The minimum Gasteiger partial charge on any atom is -0.356 e. The minimum atomic E-state index is 0.661. The Morgan fingerprint density at radius 2 is 2.00 bits per heavy atom. The molecule has 1 aliphatic heterocycles. The summed E-state index contributed by atoms with van der Waals surface area (Å²) in [6, 6.07) is 13.7. The second-order valence-corrected chi connectivity index (χ2v) is 6.10. The van der Waals surface area contributed by atoms with Crippen LogP contribution in [0.25, 0.3) is 11.3 Å². The third-order valence-electron chi connectivity index (χ3n) is 4.48. The van der Waals surface area contributed by atoms with Gasteiger partial charge in [-0.05, 0) is 25.8 Å². The van der Waals surface area contributed by atoms with E-state index in [-0.39, 0.29) is 0 Å². The molecular weight excluding hydrogens is 262 g/mol. The van der Waals surface area contributed by atoms with Crippen LogP contribution in [0.4, 0.5) is 0 Å². The van der Waals surface area contributed by atoms with Crippen molar-refractivity contribution in [1.29, 1.82) is 0 Å². The Morgan fingerprint density at radius 1 is 1.14 bits per heavy atom. The molecule has 0 bridgehead atoms. The molecule has 4 heteroatoms. The number of nitrogens with one attached hydrogen (secondary N) is 1. The van der Waals surface area contributed by atoms with Gasteiger partial charge in [0.25, 0.3) is 0 Å². The third kappa shape index (κ3) is 2.87. The largest absolute Gasteiger partial charge is 0.356 e. The molecule has 1 unspecified atom stereocenters. The maximum Gasteiger partial charge on any atom is 0.167 e. The molecule has 110 valence electrons. The van der Waals surface area contributed by atoms with E-state index in [1.165, 1.54) is 19.3 Å². The Hall–Kier alpha value is -1.65. The highest BCUT2D eigenvalue weighted by Crippen LogP contribution is 2.32. The molecule has 2 aliphatic rings. The number of rotatable bonds is 5. The van der Waals surface area contributed by atoms with E-state index >= 15 is 0 Å². The lowest BCUT2D eigenvalue weighted by Crippen LogP contribution is -2.38. The average Bonchev–Trinajstić information content (AvgIpc) is 3.03. The van der Waals surface area contributed by atoms with Gasteiger partial charge in [0.1, 0.15) is 0 Å². The summed E-state index contributed by atoms with van der Waals surface area (Å²) in [6.45, 7) is 3.16. The van der Waals surface area contributed by atoms with E-state index < -0.39 is 0 Å². The molecule has 21 heavy (non-hydrogen) atoms. The Labute approximate surface area is 125 Å². The van der Waals surface area contributed by atoms with Crippen LogP contribution >= 0.6 is 0 Å². The quantitative estimate of drug-likeness (QED) is 0.916. The zero-order chi connectivity index (χ0) is 14.1. The van der Waals surface area contributed by atoms with Crippen molar-refractivity contribution in [3.05, 3.63) is 42.1 Å². The van der Waals surface area contributed by atoms with Gasteiger partial charge in [0.15, 0.2) is 5.76 Å². The summed E-state index contributed by atoms with van der Waals surface area (Å²) in [6.07, 6.45) is 3.92. The van der Waals surface area contributed by atoms with Crippen molar-refractivity contribution in [2.75, 3.05) is 13.1 Å². The van der Waals surface area contributed by atoms with Gasteiger partial charge < -0.3 is 9.84 Å². The van der Waals surface area contributed by atoms with E-state index in [1.807, 2.05) is 18.2 Å². The van der Waals surface area contributed by atoms with Gasteiger partial charge in [-0.15, -0.1) is 0 Å². The molecule has 2 aromatic rings. The highest BCUT2D eigenvalue weighted by Gasteiger charge is 2.35. The summed E-state index contributed by atoms with van der Waals surface area (Å²) in [5.74, 6) is 0.867. The van der Waals surface area contributed by atoms with Crippen LogP contribution in [0.15, 0.2) is 40.9 Å². The first kappa shape index (κ1) is 13.0. The average molecular weight is 283 g/mol. The van der Waals surface area contributed by atoms with Gasteiger partial charge in [-0.2, -0.15) is 0 Å².